The number of H-pyrrole nitrogens is 2. The van der Waals surface area contributed by atoms with Gasteiger partial charge in [-0.15, -0.1) is 0 Å². The molecule has 10 rings (SSSR count). The summed E-state index contributed by atoms with van der Waals surface area (Å²) in [4.78, 5) is 15.0. The average molecular weight is 1130 g/mol. The van der Waals surface area contributed by atoms with Crippen LogP contribution in [0.1, 0.15) is 56.2 Å². The van der Waals surface area contributed by atoms with Crippen molar-refractivity contribution in [2.45, 2.75) is 37.1 Å². The lowest BCUT2D eigenvalue weighted by Gasteiger charge is -2.15. The number of aromatic amines is 2. The molecule has 6 nitrogen and oxygen atoms in total. The number of rotatable bonds is 6. The van der Waals surface area contributed by atoms with Crippen molar-refractivity contribution >= 4 is 57.1 Å². The Morgan fingerprint density at radius 3 is 0.938 bits per heavy atom. The molecule has 0 fully saturated rings. The van der Waals surface area contributed by atoms with Crippen LogP contribution in [0, 0.1) is 0 Å². The molecule has 3 aromatic heterocycles. The number of alkyl halides is 18. The molecule has 0 aliphatic carbocycles. The molecule has 0 amide bonds. The average Bonchev–Trinajstić information content (AvgIpc) is 4.23. The lowest BCUT2D eigenvalue weighted by atomic mass is 9.96. The summed E-state index contributed by atoms with van der Waals surface area (Å²) < 4.78 is 274. The zero-order valence-electron chi connectivity index (χ0n) is 40.2. The maximum absolute atomic E-state index is 14.6. The second-order valence-corrected chi connectivity index (χ2v) is 18.1. The summed E-state index contributed by atoms with van der Waals surface area (Å²) in [7, 11) is 2.71. The van der Waals surface area contributed by atoms with Gasteiger partial charge in [-0.25, -0.2) is 9.97 Å². The zero-order chi connectivity index (χ0) is 57.8. The fourth-order valence-corrected chi connectivity index (χ4v) is 9.52. The molecule has 24 heteroatoms. The summed E-state index contributed by atoms with van der Waals surface area (Å²) in [5, 5.41) is 0.781. The highest BCUT2D eigenvalue weighted by atomic mass is 19.4. The monoisotopic (exact) mass is 1130 g/mol. The van der Waals surface area contributed by atoms with Gasteiger partial charge >= 0.3 is 37.1 Å². The van der Waals surface area contributed by atoms with Crippen molar-refractivity contribution in [2.75, 3.05) is 14.2 Å². The van der Waals surface area contributed by atoms with Crippen LogP contribution in [0.25, 0.3) is 102 Å². The van der Waals surface area contributed by atoms with Crippen LogP contribution in [0.3, 0.4) is 0 Å². The molecule has 412 valence electrons. The Morgan fingerprint density at radius 1 is 0.325 bits per heavy atom. The topological polar surface area (TPSA) is 75.8 Å². The van der Waals surface area contributed by atoms with E-state index < -0.39 is 126 Å². The molecule has 2 aliphatic heterocycles. The smallest absolute Gasteiger partial charge is 0.416 e. The Hall–Kier alpha value is -8.70. The Bertz CT molecular complexity index is 3910. The molecule has 80 heavy (non-hydrogen) atoms. The highest BCUT2D eigenvalue weighted by Crippen LogP contribution is 2.47. The first-order valence-electron chi connectivity index (χ1n) is 23.0. The quantitative estimate of drug-likeness (QED) is 0.163. The fourth-order valence-electron chi connectivity index (χ4n) is 9.52. The molecule has 0 saturated carbocycles. The minimum absolute atomic E-state index is 0.0311. The van der Waals surface area contributed by atoms with Gasteiger partial charge in [0, 0.05) is 49.7 Å². The van der Waals surface area contributed by atoms with Gasteiger partial charge in [0.05, 0.1) is 70.4 Å². The number of nitrogens with zero attached hydrogens (tertiary/aromatic N) is 2. The van der Waals surface area contributed by atoms with Crippen molar-refractivity contribution in [1.29, 1.82) is 0 Å². The van der Waals surface area contributed by atoms with Crippen LogP contribution in [0.15, 0.2) is 109 Å². The predicted octanol–water partition coefficient (Wildman–Crippen LogP) is 18.6. The van der Waals surface area contributed by atoms with Gasteiger partial charge in [0.2, 0.25) is 0 Å². The molecule has 0 atom stereocenters. The molecule has 0 unspecified atom stereocenters. The van der Waals surface area contributed by atoms with Gasteiger partial charge in [0.15, 0.2) is 0 Å². The number of aromatic nitrogens is 4. The van der Waals surface area contributed by atoms with E-state index in [4.69, 9.17) is 14.5 Å². The molecule has 5 aromatic carbocycles. The number of benzene rings is 5. The summed E-state index contributed by atoms with van der Waals surface area (Å²) in [5.74, 6) is 0.586. The summed E-state index contributed by atoms with van der Waals surface area (Å²) >= 11 is 0. The van der Waals surface area contributed by atoms with Gasteiger partial charge in [0.25, 0.3) is 0 Å². The summed E-state index contributed by atoms with van der Waals surface area (Å²) in [6, 6.07) is 13.9. The van der Waals surface area contributed by atoms with E-state index in [0.29, 0.717) is 40.8 Å². The molecule has 0 radical (unpaired) electrons. The summed E-state index contributed by atoms with van der Waals surface area (Å²) in [5.41, 5.74) is -17.6. The van der Waals surface area contributed by atoms with Gasteiger partial charge < -0.3 is 19.4 Å². The minimum atomic E-state index is -5.48. The van der Waals surface area contributed by atoms with Crippen LogP contribution in [-0.4, -0.2) is 34.2 Å². The Kier molecular flexibility index (Phi) is 13.0. The van der Waals surface area contributed by atoms with Gasteiger partial charge in [-0.3, -0.25) is 0 Å². The highest BCUT2D eigenvalue weighted by molar-refractivity contribution is 6.07. The Morgan fingerprint density at radius 2 is 0.637 bits per heavy atom. The van der Waals surface area contributed by atoms with Crippen LogP contribution in [-0.2, 0) is 37.1 Å². The van der Waals surface area contributed by atoms with E-state index in [1.165, 1.54) is 50.6 Å². The lowest BCUT2D eigenvalue weighted by Crippen LogP contribution is -2.11. The molecular weight excluding hydrogens is 1100 g/mol. The largest absolute Gasteiger partial charge is 0.497 e. The maximum atomic E-state index is 14.6. The van der Waals surface area contributed by atoms with Crippen LogP contribution in [0.2, 0.25) is 0 Å². The second kappa shape index (κ2) is 19.0. The Balaban J connectivity index is 1.46. The standard InChI is InChI=1S/C56H30F18N4O2/c1-79-34-3-4-35-37(24-34)36(5-14-46(35)80-2)50-44-12-10-42(77-44)48(26-17-30(53(63,64)65)22-31(18-26)54(66,67)68)40-8-6-38(75-40)47(25-15-28(51(57,58)59)21-29(16-25)52(60,61)62)39-7-9-41(76-39)49(43-11-13-45(50)78-43)27-19-32(55(69,70)71)23-33(20-27)56(72,73)74/h3-24,75,78H,1-2H3. The number of methoxy groups -OCH3 is 2. The first-order valence-corrected chi connectivity index (χ1v) is 23.0. The first kappa shape index (κ1) is 54.6. The van der Waals surface area contributed by atoms with Crippen molar-refractivity contribution in [2.24, 2.45) is 0 Å². The molecule has 2 N–H and O–H groups in total. The first-order chi connectivity index (χ1) is 37.3. The van der Waals surface area contributed by atoms with Crippen LogP contribution in [0.5, 0.6) is 11.5 Å². The van der Waals surface area contributed by atoms with Gasteiger partial charge in [-0.2, -0.15) is 79.0 Å². The summed E-state index contributed by atoms with van der Waals surface area (Å²) in [6.45, 7) is 0. The number of hydrogen-bond acceptors (Lipinski definition) is 4. The van der Waals surface area contributed by atoms with E-state index >= 15 is 0 Å². The number of ether oxygens (including phenoxy) is 2. The SMILES string of the molecule is COc1ccc2c(OC)ccc(-c3c4nc(c(-c5cc(C(F)(F)F)cc(C(F)(F)F)c5)c5ccc([nH]5)c(-c5cc(C(F)(F)F)cc(C(F)(F)F)c5)c5nc(c(-c6cc(C(F)(F)F)cc(C(F)(F)F)c6)c6ccc3[nH]6)C=C5)C=C4)c2c1. The normalized spacial score (nSPS) is 13.4. The van der Waals surface area contributed by atoms with Crippen LogP contribution < -0.4 is 9.47 Å². The third-order valence-corrected chi connectivity index (χ3v) is 13.1. The zero-order valence-corrected chi connectivity index (χ0v) is 40.2. The van der Waals surface area contributed by atoms with E-state index in [9.17, 15) is 79.0 Å². The molecule has 8 aromatic rings. The number of hydrogen-bond donors (Lipinski definition) is 2. The minimum Gasteiger partial charge on any atom is -0.497 e. The van der Waals surface area contributed by atoms with Crippen molar-refractivity contribution in [3.05, 3.63) is 165 Å². The van der Waals surface area contributed by atoms with E-state index in [2.05, 4.69) is 15.0 Å². The molecule has 0 saturated heterocycles. The Labute approximate surface area is 437 Å². The van der Waals surface area contributed by atoms with E-state index in [-0.39, 0.29) is 69.6 Å². The van der Waals surface area contributed by atoms with Gasteiger partial charge in [-0.1, -0.05) is 0 Å². The lowest BCUT2D eigenvalue weighted by molar-refractivity contribution is -0.144. The predicted molar refractivity (Wildman–Crippen MR) is 261 cm³/mol. The molecule has 8 bridgehead atoms. The second-order valence-electron chi connectivity index (χ2n) is 18.1. The maximum Gasteiger partial charge on any atom is 0.416 e. The summed E-state index contributed by atoms with van der Waals surface area (Å²) in [6.07, 6.45) is -28.1. The van der Waals surface area contributed by atoms with Gasteiger partial charge in [0.1, 0.15) is 11.5 Å². The molecule has 2 aliphatic rings. The van der Waals surface area contributed by atoms with E-state index in [0.717, 1.165) is 24.3 Å². The third kappa shape index (κ3) is 10.3. The fraction of sp³-hybridized carbons (Fsp3) is 0.143. The number of fused-ring (bicyclic) bond motifs is 9. The van der Waals surface area contributed by atoms with Crippen molar-refractivity contribution < 1.29 is 88.5 Å². The van der Waals surface area contributed by atoms with Crippen LogP contribution in [0.4, 0.5) is 79.0 Å². The van der Waals surface area contributed by atoms with E-state index in [1.807, 2.05) is 0 Å². The van der Waals surface area contributed by atoms with Crippen LogP contribution >= 0.6 is 0 Å². The number of halogens is 18. The van der Waals surface area contributed by atoms with Crippen molar-refractivity contribution in [1.82, 2.24) is 19.9 Å². The van der Waals surface area contributed by atoms with Crippen molar-refractivity contribution in [3.8, 4) is 56.0 Å². The van der Waals surface area contributed by atoms with Gasteiger partial charge in [-0.05, 0) is 161 Å². The van der Waals surface area contributed by atoms with E-state index in [1.54, 1.807) is 18.2 Å². The molecule has 5 heterocycles. The van der Waals surface area contributed by atoms with Crippen molar-refractivity contribution in [3.63, 3.8) is 0 Å². The number of nitrogens with one attached hydrogen (secondary N) is 2. The molecule has 0 spiro atoms. The molecular formula is C56H30F18N4O2. The third-order valence-electron chi connectivity index (χ3n) is 13.1. The highest BCUT2D eigenvalue weighted by Gasteiger charge is 2.41.